The predicted octanol–water partition coefficient (Wildman–Crippen LogP) is 11.6. The summed E-state index contributed by atoms with van der Waals surface area (Å²) in [5.41, 5.74) is 13.4. The molecule has 0 N–H and O–H groups in total. The SMILES string of the molecule is c1ccc(-c2cc(-c3cccc4oc5ccc(-c6ccc7c(c6)c6ccccc6n7-c6ccccc6)cc5c34)nc3cccnc23)cc1. The standard InChI is InChI=1S/C44H27N3O/c1-3-11-28(12-4-1)34-27-38(46-37-17-10-24-45-44(34)37)33-16-9-19-42-43(33)36-26-30(21-23-41(36)48-42)29-20-22-40-35(25-29)32-15-7-8-18-39(32)47(40)31-13-5-2-6-14-31/h1-27H. The van der Waals surface area contributed by atoms with E-state index < -0.39 is 0 Å². The van der Waals surface area contributed by atoms with Gasteiger partial charge in [0.05, 0.1) is 27.8 Å². The molecule has 6 aromatic carbocycles. The number of rotatable bonds is 4. The number of benzene rings is 6. The molecule has 0 aliphatic rings. The van der Waals surface area contributed by atoms with E-state index in [0.29, 0.717) is 0 Å². The Balaban J connectivity index is 1.17. The molecule has 224 valence electrons. The minimum atomic E-state index is 0.843. The Kier molecular flexibility index (Phi) is 5.84. The van der Waals surface area contributed by atoms with Gasteiger partial charge in [0, 0.05) is 44.6 Å². The van der Waals surface area contributed by atoms with Crippen LogP contribution in [0, 0.1) is 0 Å². The Morgan fingerprint density at radius 2 is 1.23 bits per heavy atom. The molecule has 0 bridgehead atoms. The van der Waals surface area contributed by atoms with Gasteiger partial charge in [-0.25, -0.2) is 4.98 Å². The molecule has 0 atom stereocenters. The quantitative estimate of drug-likeness (QED) is 0.198. The molecule has 0 aliphatic heterocycles. The molecule has 0 aliphatic carbocycles. The summed E-state index contributed by atoms with van der Waals surface area (Å²) in [6, 6.07) is 55.4. The third-order valence-electron chi connectivity index (χ3n) is 9.44. The summed E-state index contributed by atoms with van der Waals surface area (Å²) in [4.78, 5) is 9.85. The summed E-state index contributed by atoms with van der Waals surface area (Å²) in [6.07, 6.45) is 1.83. The Bertz CT molecular complexity index is 2830. The highest BCUT2D eigenvalue weighted by Crippen LogP contribution is 2.41. The van der Waals surface area contributed by atoms with E-state index in [1.165, 1.54) is 21.8 Å². The van der Waals surface area contributed by atoms with E-state index in [0.717, 1.165) is 72.2 Å². The number of hydrogen-bond donors (Lipinski definition) is 0. The van der Waals surface area contributed by atoms with E-state index >= 15 is 0 Å². The summed E-state index contributed by atoms with van der Waals surface area (Å²) >= 11 is 0. The number of nitrogens with zero attached hydrogens (tertiary/aromatic N) is 3. The average molecular weight is 614 g/mol. The van der Waals surface area contributed by atoms with Gasteiger partial charge in [-0.2, -0.15) is 0 Å². The molecule has 0 fully saturated rings. The van der Waals surface area contributed by atoms with Gasteiger partial charge in [0.2, 0.25) is 0 Å². The summed E-state index contributed by atoms with van der Waals surface area (Å²) in [5.74, 6) is 0. The lowest BCUT2D eigenvalue weighted by Gasteiger charge is -2.10. The van der Waals surface area contributed by atoms with Gasteiger partial charge in [0.25, 0.3) is 0 Å². The number of para-hydroxylation sites is 2. The van der Waals surface area contributed by atoms with Gasteiger partial charge in [-0.3, -0.25) is 4.98 Å². The molecule has 4 aromatic heterocycles. The van der Waals surface area contributed by atoms with E-state index in [-0.39, 0.29) is 0 Å². The van der Waals surface area contributed by atoms with E-state index in [2.05, 4.69) is 138 Å². The van der Waals surface area contributed by atoms with Crippen LogP contribution in [0.2, 0.25) is 0 Å². The summed E-state index contributed by atoms with van der Waals surface area (Å²) in [7, 11) is 0. The third kappa shape index (κ3) is 4.10. The number of pyridine rings is 2. The van der Waals surface area contributed by atoms with Crippen LogP contribution in [0.25, 0.3) is 94.0 Å². The molecule has 0 amide bonds. The van der Waals surface area contributed by atoms with Crippen molar-refractivity contribution in [2.45, 2.75) is 0 Å². The van der Waals surface area contributed by atoms with Crippen molar-refractivity contribution < 1.29 is 4.42 Å². The topological polar surface area (TPSA) is 43.9 Å². The lowest BCUT2D eigenvalue weighted by Crippen LogP contribution is -1.92. The number of hydrogen-bond acceptors (Lipinski definition) is 3. The second-order valence-corrected chi connectivity index (χ2v) is 12.2. The Labute approximate surface area is 276 Å². The maximum absolute atomic E-state index is 6.44. The van der Waals surface area contributed by atoms with Gasteiger partial charge in [-0.05, 0) is 83.4 Å². The molecule has 0 saturated carbocycles. The first-order chi connectivity index (χ1) is 23.8. The highest BCUT2D eigenvalue weighted by atomic mass is 16.3. The van der Waals surface area contributed by atoms with Crippen LogP contribution in [-0.2, 0) is 0 Å². The summed E-state index contributed by atoms with van der Waals surface area (Å²) in [5, 5.41) is 4.60. The van der Waals surface area contributed by atoms with Crippen molar-refractivity contribution in [2.75, 3.05) is 0 Å². The normalized spacial score (nSPS) is 11.8. The van der Waals surface area contributed by atoms with Crippen molar-refractivity contribution in [3.05, 3.63) is 164 Å². The second kappa shape index (κ2) is 10.5. The van der Waals surface area contributed by atoms with Gasteiger partial charge in [0.1, 0.15) is 11.2 Å². The fourth-order valence-electron chi connectivity index (χ4n) is 7.26. The Morgan fingerprint density at radius 1 is 0.479 bits per heavy atom. The van der Waals surface area contributed by atoms with E-state index in [1.54, 1.807) is 0 Å². The van der Waals surface area contributed by atoms with Gasteiger partial charge in [0.15, 0.2) is 0 Å². The molecule has 10 aromatic rings. The molecule has 0 spiro atoms. The van der Waals surface area contributed by atoms with Gasteiger partial charge in [-0.15, -0.1) is 0 Å². The largest absolute Gasteiger partial charge is 0.456 e. The second-order valence-electron chi connectivity index (χ2n) is 12.2. The van der Waals surface area contributed by atoms with E-state index in [4.69, 9.17) is 14.4 Å². The van der Waals surface area contributed by atoms with E-state index in [1.807, 2.05) is 30.5 Å². The molecule has 4 heteroatoms. The first-order valence-corrected chi connectivity index (χ1v) is 16.2. The van der Waals surface area contributed by atoms with Crippen molar-refractivity contribution in [3.8, 4) is 39.2 Å². The first kappa shape index (κ1) is 26.7. The van der Waals surface area contributed by atoms with E-state index in [9.17, 15) is 0 Å². The zero-order chi connectivity index (χ0) is 31.6. The molecular formula is C44H27N3O. The van der Waals surface area contributed by atoms with Gasteiger partial charge >= 0.3 is 0 Å². The molecule has 48 heavy (non-hydrogen) atoms. The maximum atomic E-state index is 6.44. The zero-order valence-corrected chi connectivity index (χ0v) is 25.8. The molecule has 4 nitrogen and oxygen atoms in total. The molecule has 10 rings (SSSR count). The molecule has 0 unspecified atom stereocenters. The lowest BCUT2D eigenvalue weighted by molar-refractivity contribution is 0.669. The number of fused-ring (bicyclic) bond motifs is 7. The van der Waals surface area contributed by atoms with Gasteiger partial charge < -0.3 is 8.98 Å². The van der Waals surface area contributed by atoms with Crippen molar-refractivity contribution in [1.29, 1.82) is 0 Å². The Morgan fingerprint density at radius 3 is 2.10 bits per heavy atom. The van der Waals surface area contributed by atoms with Crippen molar-refractivity contribution in [2.24, 2.45) is 0 Å². The smallest absolute Gasteiger partial charge is 0.136 e. The number of furan rings is 1. The minimum Gasteiger partial charge on any atom is -0.456 e. The maximum Gasteiger partial charge on any atom is 0.136 e. The lowest BCUT2D eigenvalue weighted by atomic mass is 9.97. The Hall–Kier alpha value is -6.52. The van der Waals surface area contributed by atoms with Crippen LogP contribution in [-0.4, -0.2) is 14.5 Å². The first-order valence-electron chi connectivity index (χ1n) is 16.2. The monoisotopic (exact) mass is 613 g/mol. The van der Waals surface area contributed by atoms with Crippen LogP contribution in [0.4, 0.5) is 0 Å². The van der Waals surface area contributed by atoms with Crippen LogP contribution in [0.1, 0.15) is 0 Å². The van der Waals surface area contributed by atoms with Crippen LogP contribution < -0.4 is 0 Å². The van der Waals surface area contributed by atoms with Crippen LogP contribution in [0.15, 0.2) is 168 Å². The third-order valence-corrected chi connectivity index (χ3v) is 9.44. The van der Waals surface area contributed by atoms with Gasteiger partial charge in [-0.1, -0.05) is 91.0 Å². The van der Waals surface area contributed by atoms with Crippen LogP contribution in [0.3, 0.4) is 0 Å². The highest BCUT2D eigenvalue weighted by molar-refractivity contribution is 6.14. The van der Waals surface area contributed by atoms with Crippen molar-refractivity contribution >= 4 is 54.8 Å². The van der Waals surface area contributed by atoms with Crippen LogP contribution >= 0.6 is 0 Å². The zero-order valence-electron chi connectivity index (χ0n) is 25.8. The molecular weight excluding hydrogens is 587 g/mol. The van der Waals surface area contributed by atoms with Crippen LogP contribution in [0.5, 0.6) is 0 Å². The average Bonchev–Trinajstić information content (AvgIpc) is 3.70. The number of aromatic nitrogens is 3. The minimum absolute atomic E-state index is 0.843. The summed E-state index contributed by atoms with van der Waals surface area (Å²) < 4.78 is 8.80. The fraction of sp³-hybridized carbons (Fsp3) is 0. The summed E-state index contributed by atoms with van der Waals surface area (Å²) in [6.45, 7) is 0. The van der Waals surface area contributed by atoms with Crippen molar-refractivity contribution in [1.82, 2.24) is 14.5 Å². The molecule has 0 saturated heterocycles. The predicted molar refractivity (Wildman–Crippen MR) is 197 cm³/mol. The molecule has 4 heterocycles. The fourth-order valence-corrected chi connectivity index (χ4v) is 7.26. The molecule has 0 radical (unpaired) electrons. The highest BCUT2D eigenvalue weighted by Gasteiger charge is 2.18. The van der Waals surface area contributed by atoms with Crippen molar-refractivity contribution in [3.63, 3.8) is 0 Å².